The van der Waals surface area contributed by atoms with Gasteiger partial charge in [-0.3, -0.25) is 4.79 Å². The first-order valence-electron chi connectivity index (χ1n) is 8.09. The van der Waals surface area contributed by atoms with E-state index >= 15 is 0 Å². The van der Waals surface area contributed by atoms with Crippen molar-refractivity contribution in [2.75, 3.05) is 31.1 Å². The molecule has 3 rings (SSSR count). The van der Waals surface area contributed by atoms with E-state index in [0.29, 0.717) is 44.7 Å². The number of aromatic amines is 1. The van der Waals surface area contributed by atoms with Crippen molar-refractivity contribution < 1.29 is 13.6 Å². The van der Waals surface area contributed by atoms with Crippen molar-refractivity contribution in [1.82, 2.24) is 14.9 Å². The van der Waals surface area contributed by atoms with Gasteiger partial charge in [-0.15, -0.1) is 0 Å². The molecule has 0 radical (unpaired) electrons. The normalized spacial score (nSPS) is 15.4. The van der Waals surface area contributed by atoms with Gasteiger partial charge in [0.15, 0.2) is 11.6 Å². The summed E-state index contributed by atoms with van der Waals surface area (Å²) in [5.41, 5.74) is 0.652. The Kier molecular flexibility index (Phi) is 5.08. The minimum Gasteiger partial charge on any atom is -0.370 e. The summed E-state index contributed by atoms with van der Waals surface area (Å²) < 4.78 is 26.5. The Morgan fingerprint density at radius 2 is 2.04 bits per heavy atom. The lowest BCUT2D eigenvalue weighted by Crippen LogP contribution is -2.35. The Morgan fingerprint density at radius 3 is 2.79 bits per heavy atom. The van der Waals surface area contributed by atoms with Gasteiger partial charge in [-0.05, 0) is 18.6 Å². The molecule has 1 aromatic carbocycles. The van der Waals surface area contributed by atoms with Gasteiger partial charge in [0.2, 0.25) is 5.91 Å². The number of aryl methyl sites for hydroxylation is 1. The number of carbonyl (C=O) groups excluding carboxylic acids is 1. The molecule has 1 N–H and O–H groups in total. The van der Waals surface area contributed by atoms with E-state index in [1.807, 2.05) is 9.80 Å². The van der Waals surface area contributed by atoms with Crippen LogP contribution < -0.4 is 4.90 Å². The number of imidazole rings is 1. The highest BCUT2D eigenvalue weighted by molar-refractivity contribution is 5.76. The average molecular weight is 334 g/mol. The fraction of sp³-hybridized carbons (Fsp3) is 0.412. The molecule has 0 bridgehead atoms. The van der Waals surface area contributed by atoms with Crippen LogP contribution in [0.15, 0.2) is 30.6 Å². The van der Waals surface area contributed by atoms with Crippen LogP contribution in [0.1, 0.15) is 18.7 Å². The maximum absolute atomic E-state index is 13.4. The average Bonchev–Trinajstić information content (AvgIpc) is 2.98. The van der Waals surface area contributed by atoms with Gasteiger partial charge in [0, 0.05) is 63.2 Å². The number of nitrogens with one attached hydrogen (secondary N) is 1. The summed E-state index contributed by atoms with van der Waals surface area (Å²) in [5, 5.41) is 0. The molecule has 128 valence electrons. The van der Waals surface area contributed by atoms with Crippen molar-refractivity contribution >= 4 is 11.6 Å². The maximum Gasteiger partial charge on any atom is 0.223 e. The van der Waals surface area contributed by atoms with Crippen molar-refractivity contribution in [3.63, 3.8) is 0 Å². The second kappa shape index (κ2) is 7.42. The molecular weight excluding hydrogens is 314 g/mol. The summed E-state index contributed by atoms with van der Waals surface area (Å²) >= 11 is 0. The van der Waals surface area contributed by atoms with E-state index in [4.69, 9.17) is 0 Å². The van der Waals surface area contributed by atoms with E-state index in [0.717, 1.165) is 18.3 Å². The molecule has 0 spiro atoms. The van der Waals surface area contributed by atoms with Gasteiger partial charge in [0.25, 0.3) is 0 Å². The van der Waals surface area contributed by atoms with E-state index in [1.54, 1.807) is 18.5 Å². The van der Waals surface area contributed by atoms with Crippen LogP contribution in [-0.2, 0) is 11.2 Å². The highest BCUT2D eigenvalue weighted by atomic mass is 19.2. The van der Waals surface area contributed by atoms with Crippen LogP contribution in [0.5, 0.6) is 0 Å². The number of benzene rings is 1. The fourth-order valence-electron chi connectivity index (χ4n) is 2.92. The summed E-state index contributed by atoms with van der Waals surface area (Å²) in [6.45, 7) is 2.58. The van der Waals surface area contributed by atoms with Gasteiger partial charge < -0.3 is 14.8 Å². The Labute approximate surface area is 139 Å². The van der Waals surface area contributed by atoms with Gasteiger partial charge >= 0.3 is 0 Å². The first-order chi connectivity index (χ1) is 11.6. The molecule has 5 nitrogen and oxygen atoms in total. The zero-order valence-corrected chi connectivity index (χ0v) is 13.3. The van der Waals surface area contributed by atoms with Crippen molar-refractivity contribution in [2.45, 2.75) is 19.3 Å². The van der Waals surface area contributed by atoms with Crippen LogP contribution in [0.2, 0.25) is 0 Å². The topological polar surface area (TPSA) is 52.2 Å². The predicted octanol–water partition coefficient (Wildman–Crippen LogP) is 2.36. The largest absolute Gasteiger partial charge is 0.370 e. The number of H-pyrrole nitrogens is 1. The molecule has 0 unspecified atom stereocenters. The molecule has 1 fully saturated rings. The van der Waals surface area contributed by atoms with E-state index in [2.05, 4.69) is 9.97 Å². The smallest absolute Gasteiger partial charge is 0.223 e. The van der Waals surface area contributed by atoms with E-state index in [1.165, 1.54) is 6.07 Å². The van der Waals surface area contributed by atoms with Crippen molar-refractivity contribution in [3.05, 3.63) is 48.1 Å². The third-order valence-electron chi connectivity index (χ3n) is 4.25. The van der Waals surface area contributed by atoms with Crippen LogP contribution in [0.3, 0.4) is 0 Å². The molecule has 24 heavy (non-hydrogen) atoms. The maximum atomic E-state index is 13.4. The van der Waals surface area contributed by atoms with Gasteiger partial charge in [-0.25, -0.2) is 13.8 Å². The Hall–Kier alpha value is -2.44. The molecule has 1 aliphatic rings. The number of carbonyl (C=O) groups is 1. The lowest BCUT2D eigenvalue weighted by Gasteiger charge is -2.23. The molecule has 2 heterocycles. The Bertz CT molecular complexity index is 690. The summed E-state index contributed by atoms with van der Waals surface area (Å²) in [6.07, 6.45) is 5.22. The van der Waals surface area contributed by atoms with Crippen molar-refractivity contribution in [3.8, 4) is 0 Å². The van der Waals surface area contributed by atoms with Crippen LogP contribution in [-0.4, -0.2) is 47.0 Å². The van der Waals surface area contributed by atoms with E-state index in [9.17, 15) is 13.6 Å². The zero-order chi connectivity index (χ0) is 16.9. The third-order valence-corrected chi connectivity index (χ3v) is 4.25. The Balaban J connectivity index is 1.56. The predicted molar refractivity (Wildman–Crippen MR) is 86.7 cm³/mol. The molecule has 1 amide bonds. The number of hydrogen-bond donors (Lipinski definition) is 1. The van der Waals surface area contributed by atoms with E-state index < -0.39 is 11.6 Å². The number of hydrogen-bond acceptors (Lipinski definition) is 3. The first-order valence-corrected chi connectivity index (χ1v) is 8.09. The van der Waals surface area contributed by atoms with Gasteiger partial charge in [-0.1, -0.05) is 0 Å². The molecule has 0 aliphatic carbocycles. The molecule has 1 aromatic heterocycles. The second-order valence-electron chi connectivity index (χ2n) is 5.86. The summed E-state index contributed by atoms with van der Waals surface area (Å²) in [5.74, 6) is -0.786. The number of halogens is 2. The van der Waals surface area contributed by atoms with Crippen LogP contribution in [0.4, 0.5) is 14.5 Å². The number of rotatable bonds is 4. The standard InChI is InChI=1S/C17H20F2N4O/c18-14-3-2-13(12-15(14)19)22-8-1-9-23(11-10-22)17(24)5-4-16-20-6-7-21-16/h2-3,6-7,12H,1,4-5,8-11H2,(H,20,21). The molecule has 2 aromatic rings. The molecule has 0 saturated carbocycles. The van der Waals surface area contributed by atoms with Gasteiger partial charge in [0.05, 0.1) is 0 Å². The number of aromatic nitrogens is 2. The SMILES string of the molecule is O=C(CCc1ncc[nH]1)N1CCCN(c2ccc(F)c(F)c2)CC1. The monoisotopic (exact) mass is 334 g/mol. The Morgan fingerprint density at radius 1 is 1.17 bits per heavy atom. The van der Waals surface area contributed by atoms with Gasteiger partial charge in [-0.2, -0.15) is 0 Å². The van der Waals surface area contributed by atoms with Crippen molar-refractivity contribution in [1.29, 1.82) is 0 Å². The first kappa shape index (κ1) is 16.4. The lowest BCUT2D eigenvalue weighted by molar-refractivity contribution is -0.130. The van der Waals surface area contributed by atoms with Crippen LogP contribution in [0, 0.1) is 11.6 Å². The summed E-state index contributed by atoms with van der Waals surface area (Å²) in [7, 11) is 0. The van der Waals surface area contributed by atoms with Crippen molar-refractivity contribution in [2.24, 2.45) is 0 Å². The van der Waals surface area contributed by atoms with E-state index in [-0.39, 0.29) is 5.91 Å². The molecule has 1 aliphatic heterocycles. The van der Waals surface area contributed by atoms with Crippen LogP contribution >= 0.6 is 0 Å². The zero-order valence-electron chi connectivity index (χ0n) is 13.3. The highest BCUT2D eigenvalue weighted by Gasteiger charge is 2.20. The number of amides is 1. The summed E-state index contributed by atoms with van der Waals surface area (Å²) in [4.78, 5) is 23.3. The van der Waals surface area contributed by atoms with Crippen LogP contribution in [0.25, 0.3) is 0 Å². The number of anilines is 1. The lowest BCUT2D eigenvalue weighted by atomic mass is 10.2. The number of nitrogens with zero attached hydrogens (tertiary/aromatic N) is 3. The molecule has 1 saturated heterocycles. The molecular formula is C17H20F2N4O. The quantitative estimate of drug-likeness (QED) is 0.934. The van der Waals surface area contributed by atoms with Gasteiger partial charge in [0.1, 0.15) is 5.82 Å². The minimum atomic E-state index is -0.844. The third kappa shape index (κ3) is 3.90. The molecule has 0 atom stereocenters. The highest BCUT2D eigenvalue weighted by Crippen LogP contribution is 2.20. The molecule has 7 heteroatoms. The fourth-order valence-corrected chi connectivity index (χ4v) is 2.92. The second-order valence-corrected chi connectivity index (χ2v) is 5.86. The summed E-state index contributed by atoms with van der Waals surface area (Å²) in [6, 6.07) is 3.93. The minimum absolute atomic E-state index is 0.0959.